The second-order valence-electron chi connectivity index (χ2n) is 2.89. The summed E-state index contributed by atoms with van der Waals surface area (Å²) in [6.07, 6.45) is 1.79. The van der Waals surface area contributed by atoms with Crippen LogP contribution in [-0.4, -0.2) is 35.7 Å². The first-order chi connectivity index (χ1) is 6.27. The van der Waals surface area contributed by atoms with Gasteiger partial charge in [-0.05, 0) is 0 Å². The molecular weight excluding hydrogens is 227 g/mol. The summed E-state index contributed by atoms with van der Waals surface area (Å²) in [6, 6.07) is 6.09. The Morgan fingerprint density at radius 3 is 2.77 bits per heavy atom. The van der Waals surface area contributed by atoms with Crippen molar-refractivity contribution in [1.82, 2.24) is 0 Å². The van der Waals surface area contributed by atoms with E-state index in [1.165, 1.54) is 9.91 Å². The van der Waals surface area contributed by atoms with Gasteiger partial charge in [0.25, 0.3) is 0 Å². The summed E-state index contributed by atoms with van der Waals surface area (Å²) in [4.78, 5) is 0. The van der Waals surface area contributed by atoms with Crippen LogP contribution < -0.4 is 9.09 Å². The van der Waals surface area contributed by atoms with E-state index in [4.69, 9.17) is 9.84 Å². The maximum absolute atomic E-state index is 8.70. The van der Waals surface area contributed by atoms with Crippen LogP contribution in [-0.2, 0) is 6.42 Å². The Hall–Kier alpha value is -0.462. The minimum absolute atomic E-state index is 0.262. The fourth-order valence-corrected chi connectivity index (χ4v) is 2.05. The Morgan fingerprint density at radius 1 is 1.46 bits per heavy atom. The van der Waals surface area contributed by atoms with Crippen LogP contribution in [0.2, 0.25) is 0 Å². The minimum atomic E-state index is 0.262. The summed E-state index contributed by atoms with van der Waals surface area (Å²) in [5.41, 5.74) is 1.31. The predicted molar refractivity (Wildman–Crippen MR) is 56.6 cm³/mol. The van der Waals surface area contributed by atoms with Crippen LogP contribution >= 0.6 is 0 Å². The van der Waals surface area contributed by atoms with E-state index in [1.54, 1.807) is 24.0 Å². The Labute approximate surface area is 87.4 Å². The van der Waals surface area contributed by atoms with Gasteiger partial charge in [0.05, 0.1) is 0 Å². The molecule has 0 radical (unpaired) electrons. The SMILES string of the molecule is COc1ccc(CCCO)c([AsH2])c1. The Kier molecular flexibility index (Phi) is 4.34. The molecule has 0 saturated carbocycles. The second kappa shape index (κ2) is 5.31. The number of rotatable bonds is 4. The summed E-state index contributed by atoms with van der Waals surface area (Å²) in [5.74, 6) is 0.909. The normalized spacial score (nSPS) is 10.1. The molecule has 0 aliphatic carbocycles. The number of aliphatic hydroxyl groups is 1. The molecule has 0 heterocycles. The molecular formula is C10H15AsO2. The second-order valence-corrected chi connectivity index (χ2v) is 4.20. The molecule has 0 aliphatic rings. The van der Waals surface area contributed by atoms with Crippen molar-refractivity contribution in [2.24, 2.45) is 0 Å². The molecule has 2 nitrogen and oxygen atoms in total. The third kappa shape index (κ3) is 3.05. The number of benzene rings is 1. The van der Waals surface area contributed by atoms with Crippen LogP contribution in [0.4, 0.5) is 0 Å². The van der Waals surface area contributed by atoms with Crippen molar-refractivity contribution < 1.29 is 9.84 Å². The monoisotopic (exact) mass is 242 g/mol. The molecule has 72 valence electrons. The molecule has 0 bridgehead atoms. The molecule has 1 aromatic carbocycles. The average molecular weight is 242 g/mol. The first-order valence-electron chi connectivity index (χ1n) is 4.31. The number of hydrogen-bond acceptors (Lipinski definition) is 2. The van der Waals surface area contributed by atoms with Gasteiger partial charge in [0.1, 0.15) is 0 Å². The molecule has 0 spiro atoms. The van der Waals surface area contributed by atoms with E-state index in [0.717, 1.165) is 18.6 Å². The van der Waals surface area contributed by atoms with E-state index >= 15 is 0 Å². The van der Waals surface area contributed by atoms with E-state index in [0.29, 0.717) is 0 Å². The third-order valence-electron chi connectivity index (χ3n) is 1.96. The number of aliphatic hydroxyl groups excluding tert-OH is 1. The van der Waals surface area contributed by atoms with Crippen molar-refractivity contribution in [3.05, 3.63) is 23.8 Å². The summed E-state index contributed by atoms with van der Waals surface area (Å²) in [7, 11) is 1.68. The fourth-order valence-electron chi connectivity index (χ4n) is 1.20. The topological polar surface area (TPSA) is 29.5 Å². The molecule has 1 aromatic rings. The van der Waals surface area contributed by atoms with E-state index in [-0.39, 0.29) is 6.61 Å². The molecule has 1 unspecified atom stereocenters. The van der Waals surface area contributed by atoms with Gasteiger partial charge >= 0.3 is 87.1 Å². The first-order valence-corrected chi connectivity index (χ1v) is 5.52. The average Bonchev–Trinajstić information content (AvgIpc) is 2.16. The molecule has 1 rings (SSSR count). The van der Waals surface area contributed by atoms with Crippen LogP contribution in [0.5, 0.6) is 5.75 Å². The molecule has 3 heteroatoms. The van der Waals surface area contributed by atoms with E-state index < -0.39 is 0 Å². The van der Waals surface area contributed by atoms with Gasteiger partial charge in [0, 0.05) is 0 Å². The zero-order valence-electron chi connectivity index (χ0n) is 7.79. The van der Waals surface area contributed by atoms with E-state index in [2.05, 4.69) is 6.07 Å². The molecule has 1 atom stereocenters. The maximum atomic E-state index is 8.70. The number of hydrogen-bond donors (Lipinski definition) is 1. The zero-order valence-corrected chi connectivity index (χ0v) is 10.2. The van der Waals surface area contributed by atoms with E-state index in [1.807, 2.05) is 12.1 Å². The quantitative estimate of drug-likeness (QED) is 0.746. The standard InChI is InChI=1S/C10H15AsO2/c1-13-9-5-4-8(3-2-6-12)10(11)7-9/h4-5,7,12H,2-3,6,11H2,1H3. The van der Waals surface area contributed by atoms with Gasteiger partial charge in [-0.3, -0.25) is 0 Å². The number of ether oxygens (including phenoxy) is 1. The molecule has 0 aliphatic heterocycles. The van der Waals surface area contributed by atoms with Crippen LogP contribution in [0.3, 0.4) is 0 Å². The van der Waals surface area contributed by atoms with Gasteiger partial charge in [-0.1, -0.05) is 0 Å². The van der Waals surface area contributed by atoms with Crippen molar-refractivity contribution in [2.75, 3.05) is 13.7 Å². The predicted octanol–water partition coefficient (Wildman–Crippen LogP) is -0.121. The summed E-state index contributed by atoms with van der Waals surface area (Å²) < 4.78 is 6.41. The van der Waals surface area contributed by atoms with Crippen molar-refractivity contribution in [3.8, 4) is 5.75 Å². The Balaban J connectivity index is 2.73. The van der Waals surface area contributed by atoms with Crippen LogP contribution in [0.15, 0.2) is 18.2 Å². The summed E-state index contributed by atoms with van der Waals surface area (Å²) in [6.45, 7) is 0.262. The molecule has 13 heavy (non-hydrogen) atoms. The molecule has 0 saturated heterocycles. The van der Waals surface area contributed by atoms with Crippen molar-refractivity contribution in [1.29, 1.82) is 0 Å². The van der Waals surface area contributed by atoms with Crippen LogP contribution in [0.1, 0.15) is 12.0 Å². The molecule has 0 aromatic heterocycles. The van der Waals surface area contributed by atoms with Gasteiger partial charge in [0.15, 0.2) is 0 Å². The van der Waals surface area contributed by atoms with Crippen LogP contribution in [0, 0.1) is 0 Å². The van der Waals surface area contributed by atoms with Gasteiger partial charge in [-0.15, -0.1) is 0 Å². The fraction of sp³-hybridized carbons (Fsp3) is 0.400. The number of methoxy groups -OCH3 is 1. The van der Waals surface area contributed by atoms with Crippen molar-refractivity contribution in [3.63, 3.8) is 0 Å². The Morgan fingerprint density at radius 2 is 2.23 bits per heavy atom. The van der Waals surface area contributed by atoms with Gasteiger partial charge in [0.2, 0.25) is 0 Å². The molecule has 0 fully saturated rings. The van der Waals surface area contributed by atoms with Crippen molar-refractivity contribution >= 4 is 21.2 Å². The third-order valence-corrected chi connectivity index (χ3v) is 3.08. The van der Waals surface area contributed by atoms with Crippen LogP contribution in [0.25, 0.3) is 0 Å². The van der Waals surface area contributed by atoms with Gasteiger partial charge < -0.3 is 0 Å². The van der Waals surface area contributed by atoms with Crippen molar-refractivity contribution in [2.45, 2.75) is 12.8 Å². The summed E-state index contributed by atoms with van der Waals surface area (Å²) >= 11 is 1.60. The first kappa shape index (κ1) is 10.6. The molecule has 1 N–H and O–H groups in total. The summed E-state index contributed by atoms with van der Waals surface area (Å²) in [5, 5.41) is 8.70. The number of aryl methyl sites for hydroxylation is 1. The van der Waals surface area contributed by atoms with Gasteiger partial charge in [-0.25, -0.2) is 0 Å². The van der Waals surface area contributed by atoms with E-state index in [9.17, 15) is 0 Å². The zero-order chi connectivity index (χ0) is 9.68. The Bertz CT molecular complexity index is 274. The molecule has 0 amide bonds. The van der Waals surface area contributed by atoms with Gasteiger partial charge in [-0.2, -0.15) is 0 Å².